The van der Waals surface area contributed by atoms with Gasteiger partial charge in [0, 0.05) is 21.3 Å². The quantitative estimate of drug-likeness (QED) is 0.370. The lowest BCUT2D eigenvalue weighted by Gasteiger charge is -2.18. The fourth-order valence-electron chi connectivity index (χ4n) is 3.35. The number of carbonyl (C=O) groups excluding carboxylic acids is 1. The molecule has 0 aliphatic carbocycles. The molecule has 2 aromatic carbocycles. The SMILES string of the molecule is COC(=O)C(c1ccccc1Cl)c1c(-c2cccc(Br)c2)nc2ccccn12. The lowest BCUT2D eigenvalue weighted by molar-refractivity contribution is -0.141. The van der Waals surface area contributed by atoms with Crippen molar-refractivity contribution in [1.82, 2.24) is 9.38 Å². The van der Waals surface area contributed by atoms with Gasteiger partial charge in [0.15, 0.2) is 0 Å². The number of benzene rings is 2. The fourth-order valence-corrected chi connectivity index (χ4v) is 4.00. The number of carbonyl (C=O) groups is 1. The van der Waals surface area contributed by atoms with Crippen LogP contribution in [0.4, 0.5) is 0 Å². The normalized spacial score (nSPS) is 12.1. The van der Waals surface area contributed by atoms with E-state index in [9.17, 15) is 4.79 Å². The van der Waals surface area contributed by atoms with Crippen LogP contribution in [0, 0.1) is 0 Å². The third kappa shape index (κ3) is 3.32. The summed E-state index contributed by atoms with van der Waals surface area (Å²) in [5, 5.41) is 0.504. The molecule has 2 heterocycles. The molecule has 0 bridgehead atoms. The molecular weight excluding hydrogens is 440 g/mol. The Morgan fingerprint density at radius 3 is 2.64 bits per heavy atom. The highest BCUT2D eigenvalue weighted by atomic mass is 79.9. The molecule has 6 heteroatoms. The molecule has 140 valence electrons. The second-order valence-electron chi connectivity index (χ2n) is 6.26. The summed E-state index contributed by atoms with van der Waals surface area (Å²) in [6, 6.07) is 20.9. The molecule has 4 rings (SSSR count). The van der Waals surface area contributed by atoms with Gasteiger partial charge in [-0.05, 0) is 35.9 Å². The van der Waals surface area contributed by atoms with E-state index >= 15 is 0 Å². The summed E-state index contributed by atoms with van der Waals surface area (Å²) in [4.78, 5) is 17.7. The molecule has 0 fully saturated rings. The van der Waals surface area contributed by atoms with Crippen molar-refractivity contribution >= 4 is 39.1 Å². The largest absolute Gasteiger partial charge is 0.468 e. The highest BCUT2D eigenvalue weighted by Gasteiger charge is 2.32. The summed E-state index contributed by atoms with van der Waals surface area (Å²) < 4.78 is 8.01. The van der Waals surface area contributed by atoms with E-state index in [0.717, 1.165) is 15.7 Å². The predicted octanol–water partition coefficient (Wildman–Crippen LogP) is 5.72. The van der Waals surface area contributed by atoms with Crippen LogP contribution in [0.25, 0.3) is 16.9 Å². The lowest BCUT2D eigenvalue weighted by Crippen LogP contribution is -2.18. The molecule has 28 heavy (non-hydrogen) atoms. The molecule has 2 aromatic heterocycles. The van der Waals surface area contributed by atoms with Crippen molar-refractivity contribution in [3.8, 4) is 11.3 Å². The second-order valence-corrected chi connectivity index (χ2v) is 7.59. The van der Waals surface area contributed by atoms with Crippen molar-refractivity contribution < 1.29 is 9.53 Å². The van der Waals surface area contributed by atoms with Crippen LogP contribution < -0.4 is 0 Å². The van der Waals surface area contributed by atoms with Gasteiger partial charge in [0.1, 0.15) is 11.6 Å². The first-order chi connectivity index (χ1) is 13.6. The van der Waals surface area contributed by atoms with Crippen molar-refractivity contribution in [3.05, 3.63) is 93.7 Å². The van der Waals surface area contributed by atoms with Gasteiger partial charge >= 0.3 is 5.97 Å². The Morgan fingerprint density at radius 2 is 1.89 bits per heavy atom. The molecule has 0 radical (unpaired) electrons. The Hall–Kier alpha value is -2.63. The Morgan fingerprint density at radius 1 is 1.11 bits per heavy atom. The zero-order chi connectivity index (χ0) is 19.7. The van der Waals surface area contributed by atoms with Gasteiger partial charge in [-0.2, -0.15) is 0 Å². The standard InChI is InChI=1S/C22H16BrClN2O2/c1-28-22(27)19(16-9-2-3-10-17(16)24)21-20(14-7-6-8-15(23)13-14)25-18-11-4-5-12-26(18)21/h2-13,19H,1H3. The van der Waals surface area contributed by atoms with Gasteiger partial charge in [0.05, 0.1) is 18.5 Å². The van der Waals surface area contributed by atoms with Crippen molar-refractivity contribution in [2.75, 3.05) is 7.11 Å². The highest BCUT2D eigenvalue weighted by molar-refractivity contribution is 9.10. The number of halogens is 2. The number of hydrogen-bond acceptors (Lipinski definition) is 3. The zero-order valence-electron chi connectivity index (χ0n) is 15.0. The van der Waals surface area contributed by atoms with Gasteiger partial charge in [-0.3, -0.25) is 4.79 Å². The molecule has 0 amide bonds. The molecule has 1 atom stereocenters. The van der Waals surface area contributed by atoms with Crippen LogP contribution in [-0.4, -0.2) is 22.5 Å². The van der Waals surface area contributed by atoms with Gasteiger partial charge in [-0.1, -0.05) is 63.9 Å². The van der Waals surface area contributed by atoms with Crippen molar-refractivity contribution in [2.24, 2.45) is 0 Å². The van der Waals surface area contributed by atoms with Gasteiger partial charge in [0.25, 0.3) is 0 Å². The van der Waals surface area contributed by atoms with Crippen LogP contribution in [0.3, 0.4) is 0 Å². The Balaban J connectivity index is 2.06. The number of nitrogens with zero attached hydrogens (tertiary/aromatic N) is 2. The van der Waals surface area contributed by atoms with Crippen LogP contribution in [0.5, 0.6) is 0 Å². The number of ether oxygens (including phenoxy) is 1. The van der Waals surface area contributed by atoms with Gasteiger partial charge in [-0.15, -0.1) is 0 Å². The van der Waals surface area contributed by atoms with Crippen LogP contribution in [0.2, 0.25) is 5.02 Å². The molecule has 0 saturated heterocycles. The maximum atomic E-state index is 12.9. The van der Waals surface area contributed by atoms with E-state index in [1.807, 2.05) is 71.3 Å². The van der Waals surface area contributed by atoms with Gasteiger partial charge in [-0.25, -0.2) is 4.98 Å². The molecule has 0 spiro atoms. The first-order valence-corrected chi connectivity index (χ1v) is 9.82. The van der Waals surface area contributed by atoms with Gasteiger partial charge in [0.2, 0.25) is 0 Å². The monoisotopic (exact) mass is 454 g/mol. The molecule has 1 unspecified atom stereocenters. The van der Waals surface area contributed by atoms with Crippen molar-refractivity contribution in [2.45, 2.75) is 5.92 Å². The Kier molecular flexibility index (Phi) is 5.20. The number of fused-ring (bicyclic) bond motifs is 1. The molecule has 0 saturated carbocycles. The number of esters is 1. The topological polar surface area (TPSA) is 43.6 Å². The molecular formula is C22H16BrClN2O2. The van der Waals surface area contributed by atoms with E-state index in [4.69, 9.17) is 21.3 Å². The molecule has 4 nitrogen and oxygen atoms in total. The zero-order valence-corrected chi connectivity index (χ0v) is 17.3. The van der Waals surface area contributed by atoms with Crippen LogP contribution in [0.15, 0.2) is 77.4 Å². The van der Waals surface area contributed by atoms with Crippen LogP contribution >= 0.6 is 27.5 Å². The average Bonchev–Trinajstić information content (AvgIpc) is 3.09. The Bertz CT molecular complexity index is 1170. The number of hydrogen-bond donors (Lipinski definition) is 0. The van der Waals surface area contributed by atoms with Gasteiger partial charge < -0.3 is 9.14 Å². The van der Waals surface area contributed by atoms with Crippen LogP contribution in [-0.2, 0) is 9.53 Å². The number of pyridine rings is 1. The molecule has 4 aromatic rings. The minimum absolute atomic E-state index is 0.394. The van der Waals surface area contributed by atoms with E-state index in [0.29, 0.717) is 22.0 Å². The smallest absolute Gasteiger partial charge is 0.319 e. The fraction of sp³-hybridized carbons (Fsp3) is 0.0909. The second kappa shape index (κ2) is 7.78. The van der Waals surface area contributed by atoms with Crippen molar-refractivity contribution in [1.29, 1.82) is 0 Å². The van der Waals surface area contributed by atoms with E-state index < -0.39 is 11.9 Å². The molecule has 0 N–H and O–H groups in total. The third-order valence-electron chi connectivity index (χ3n) is 4.59. The minimum Gasteiger partial charge on any atom is -0.468 e. The predicted molar refractivity (Wildman–Crippen MR) is 114 cm³/mol. The first kappa shape index (κ1) is 18.7. The summed E-state index contributed by atoms with van der Waals surface area (Å²) in [6.45, 7) is 0. The summed E-state index contributed by atoms with van der Waals surface area (Å²) in [5.41, 5.74) is 3.75. The Labute approximate surface area is 175 Å². The maximum Gasteiger partial charge on any atom is 0.319 e. The van der Waals surface area contributed by atoms with E-state index in [1.165, 1.54) is 7.11 Å². The van der Waals surface area contributed by atoms with E-state index in [2.05, 4.69) is 15.9 Å². The number of rotatable bonds is 4. The summed E-state index contributed by atoms with van der Waals surface area (Å²) in [6.07, 6.45) is 1.89. The van der Waals surface area contributed by atoms with E-state index in [1.54, 1.807) is 6.07 Å². The highest BCUT2D eigenvalue weighted by Crippen LogP contribution is 2.38. The molecule has 0 aliphatic heterocycles. The maximum absolute atomic E-state index is 12.9. The summed E-state index contributed by atoms with van der Waals surface area (Å²) in [7, 11) is 1.38. The summed E-state index contributed by atoms with van der Waals surface area (Å²) in [5.74, 6) is -1.11. The first-order valence-electron chi connectivity index (χ1n) is 8.65. The number of imidazole rings is 1. The van der Waals surface area contributed by atoms with Crippen molar-refractivity contribution in [3.63, 3.8) is 0 Å². The third-order valence-corrected chi connectivity index (χ3v) is 5.43. The summed E-state index contributed by atoms with van der Waals surface area (Å²) >= 11 is 9.98. The molecule has 0 aliphatic rings. The lowest BCUT2D eigenvalue weighted by atomic mass is 9.92. The number of aromatic nitrogens is 2. The number of methoxy groups -OCH3 is 1. The minimum atomic E-state index is -0.718. The van der Waals surface area contributed by atoms with Crippen LogP contribution in [0.1, 0.15) is 17.2 Å². The van der Waals surface area contributed by atoms with E-state index in [-0.39, 0.29) is 0 Å². The average molecular weight is 456 g/mol.